The van der Waals surface area contributed by atoms with E-state index in [4.69, 9.17) is 9.47 Å². The molecule has 0 aliphatic carbocycles. The summed E-state index contributed by atoms with van der Waals surface area (Å²) >= 11 is 0. The number of hydrogen-bond donors (Lipinski definition) is 1. The number of benzene rings is 1. The molecule has 1 unspecified atom stereocenters. The Hall–Kier alpha value is -3.02. The van der Waals surface area contributed by atoms with Gasteiger partial charge in [-0.05, 0) is 67.1 Å². The molecule has 28 heavy (non-hydrogen) atoms. The number of aromatic amines is 1. The van der Waals surface area contributed by atoms with Gasteiger partial charge in [0, 0.05) is 24.3 Å². The Labute approximate surface area is 164 Å². The standard InChI is InChI=1S/C22H25N3O3/c1-3-28-21-12-18-15(11-20(21)27-2)8-10-25(14-26)19(18)7-6-16-13-24-22-17(16)5-4-9-23-22/h4-5,9,11-14,19H,3,6-8,10H2,1-2H3,(H,23,24). The van der Waals surface area contributed by atoms with Crippen LogP contribution in [-0.4, -0.2) is 41.5 Å². The summed E-state index contributed by atoms with van der Waals surface area (Å²) in [5.74, 6) is 1.49. The molecule has 1 atom stereocenters. The summed E-state index contributed by atoms with van der Waals surface area (Å²) in [7, 11) is 1.66. The number of aromatic nitrogens is 2. The Morgan fingerprint density at radius 2 is 2.25 bits per heavy atom. The molecule has 4 rings (SSSR count). The maximum Gasteiger partial charge on any atom is 0.210 e. The quantitative estimate of drug-likeness (QED) is 0.636. The van der Waals surface area contributed by atoms with Crippen LogP contribution in [0.15, 0.2) is 36.7 Å². The molecule has 1 amide bonds. The molecule has 0 saturated heterocycles. The van der Waals surface area contributed by atoms with Crippen LogP contribution in [0.2, 0.25) is 0 Å². The third kappa shape index (κ3) is 3.30. The van der Waals surface area contributed by atoms with Crippen molar-refractivity contribution in [2.24, 2.45) is 0 Å². The summed E-state index contributed by atoms with van der Waals surface area (Å²) in [5, 5.41) is 1.14. The number of nitrogens with zero attached hydrogens (tertiary/aromatic N) is 2. The number of pyridine rings is 1. The molecule has 3 aromatic rings. The number of aryl methyl sites for hydroxylation is 1. The predicted molar refractivity (Wildman–Crippen MR) is 108 cm³/mol. The lowest BCUT2D eigenvalue weighted by Gasteiger charge is -2.35. The number of nitrogens with one attached hydrogen (secondary N) is 1. The Bertz CT molecular complexity index is 982. The van der Waals surface area contributed by atoms with Crippen molar-refractivity contribution in [2.75, 3.05) is 20.3 Å². The van der Waals surface area contributed by atoms with Crippen molar-refractivity contribution in [3.63, 3.8) is 0 Å². The highest BCUT2D eigenvalue weighted by Crippen LogP contribution is 2.39. The van der Waals surface area contributed by atoms with Crippen LogP contribution in [0.5, 0.6) is 11.5 Å². The maximum absolute atomic E-state index is 11.7. The molecule has 1 aliphatic rings. The number of fused-ring (bicyclic) bond motifs is 2. The Balaban J connectivity index is 1.65. The van der Waals surface area contributed by atoms with Crippen molar-refractivity contribution < 1.29 is 14.3 Å². The zero-order valence-electron chi connectivity index (χ0n) is 16.3. The van der Waals surface area contributed by atoms with Crippen LogP contribution in [-0.2, 0) is 17.6 Å². The summed E-state index contributed by atoms with van der Waals surface area (Å²) in [4.78, 5) is 21.2. The number of carbonyl (C=O) groups is 1. The minimum atomic E-state index is 0.0213. The van der Waals surface area contributed by atoms with Crippen LogP contribution in [0.3, 0.4) is 0 Å². The number of amides is 1. The third-order valence-electron chi connectivity index (χ3n) is 5.48. The van der Waals surface area contributed by atoms with Gasteiger partial charge >= 0.3 is 0 Å². The minimum absolute atomic E-state index is 0.0213. The fourth-order valence-electron chi connectivity index (χ4n) is 4.12. The van der Waals surface area contributed by atoms with Crippen molar-refractivity contribution in [1.82, 2.24) is 14.9 Å². The second kappa shape index (κ2) is 7.92. The minimum Gasteiger partial charge on any atom is -0.493 e. The molecule has 1 N–H and O–H groups in total. The normalized spacial score (nSPS) is 16.1. The zero-order chi connectivity index (χ0) is 19.5. The number of methoxy groups -OCH3 is 1. The van der Waals surface area contributed by atoms with Gasteiger partial charge in [-0.25, -0.2) is 4.98 Å². The van der Waals surface area contributed by atoms with Gasteiger partial charge in [0.25, 0.3) is 0 Å². The first kappa shape index (κ1) is 18.3. The van der Waals surface area contributed by atoms with Gasteiger partial charge in [-0.3, -0.25) is 4.79 Å². The molecular formula is C22H25N3O3. The largest absolute Gasteiger partial charge is 0.493 e. The van der Waals surface area contributed by atoms with Gasteiger partial charge in [0.15, 0.2) is 11.5 Å². The topological polar surface area (TPSA) is 67.5 Å². The lowest BCUT2D eigenvalue weighted by Crippen LogP contribution is -2.34. The molecule has 0 radical (unpaired) electrons. The summed E-state index contributed by atoms with van der Waals surface area (Å²) in [6, 6.07) is 8.17. The van der Waals surface area contributed by atoms with Gasteiger partial charge in [-0.15, -0.1) is 0 Å². The van der Waals surface area contributed by atoms with E-state index in [1.165, 1.54) is 11.1 Å². The smallest absolute Gasteiger partial charge is 0.210 e. The molecule has 6 nitrogen and oxygen atoms in total. The van der Waals surface area contributed by atoms with Gasteiger partial charge in [0.2, 0.25) is 6.41 Å². The second-order valence-electron chi connectivity index (χ2n) is 7.00. The maximum atomic E-state index is 11.7. The third-order valence-corrected chi connectivity index (χ3v) is 5.48. The molecule has 0 spiro atoms. The van der Waals surface area contributed by atoms with Crippen molar-refractivity contribution in [3.05, 3.63) is 53.3 Å². The predicted octanol–water partition coefficient (Wildman–Crippen LogP) is 3.66. The van der Waals surface area contributed by atoms with Crippen molar-refractivity contribution in [3.8, 4) is 11.5 Å². The number of hydrogen-bond acceptors (Lipinski definition) is 4. The van der Waals surface area contributed by atoms with Gasteiger partial charge in [0.1, 0.15) is 5.65 Å². The van der Waals surface area contributed by atoms with E-state index in [2.05, 4.69) is 28.2 Å². The fourth-order valence-corrected chi connectivity index (χ4v) is 4.12. The SMILES string of the molecule is CCOc1cc2c(cc1OC)CCN(C=O)C2CCc1c[nH]c2ncccc12. The van der Waals surface area contributed by atoms with Crippen LogP contribution in [0.25, 0.3) is 11.0 Å². The Morgan fingerprint density at radius 1 is 1.36 bits per heavy atom. The lowest BCUT2D eigenvalue weighted by atomic mass is 9.89. The van der Waals surface area contributed by atoms with E-state index < -0.39 is 0 Å². The van der Waals surface area contributed by atoms with Crippen LogP contribution < -0.4 is 9.47 Å². The molecule has 0 saturated carbocycles. The van der Waals surface area contributed by atoms with Crippen LogP contribution >= 0.6 is 0 Å². The van der Waals surface area contributed by atoms with Gasteiger partial charge < -0.3 is 19.4 Å². The Kier molecular flexibility index (Phi) is 5.19. The summed E-state index contributed by atoms with van der Waals surface area (Å²) < 4.78 is 11.3. The number of ether oxygens (including phenoxy) is 2. The molecule has 2 aromatic heterocycles. The van der Waals surface area contributed by atoms with Gasteiger partial charge in [-0.1, -0.05) is 0 Å². The van der Waals surface area contributed by atoms with Gasteiger partial charge in [-0.2, -0.15) is 0 Å². The molecular weight excluding hydrogens is 354 g/mol. The van der Waals surface area contributed by atoms with Crippen molar-refractivity contribution in [1.29, 1.82) is 0 Å². The highest BCUT2D eigenvalue weighted by molar-refractivity contribution is 5.79. The summed E-state index contributed by atoms with van der Waals surface area (Å²) in [5.41, 5.74) is 4.50. The monoisotopic (exact) mass is 379 g/mol. The van der Waals surface area contributed by atoms with Crippen LogP contribution in [0, 0.1) is 0 Å². The lowest BCUT2D eigenvalue weighted by molar-refractivity contribution is -0.120. The fraction of sp³-hybridized carbons (Fsp3) is 0.364. The van der Waals surface area contributed by atoms with E-state index in [0.29, 0.717) is 13.2 Å². The van der Waals surface area contributed by atoms with Crippen LogP contribution in [0.4, 0.5) is 0 Å². The average Bonchev–Trinajstić information content (AvgIpc) is 3.15. The van der Waals surface area contributed by atoms with Crippen LogP contribution in [0.1, 0.15) is 36.1 Å². The molecule has 1 aromatic carbocycles. The number of H-pyrrole nitrogens is 1. The number of rotatable bonds is 7. The first-order valence-corrected chi connectivity index (χ1v) is 9.70. The Morgan fingerprint density at radius 3 is 3.04 bits per heavy atom. The van der Waals surface area contributed by atoms with E-state index in [-0.39, 0.29) is 6.04 Å². The van der Waals surface area contributed by atoms with Crippen molar-refractivity contribution in [2.45, 2.75) is 32.2 Å². The zero-order valence-corrected chi connectivity index (χ0v) is 16.3. The highest BCUT2D eigenvalue weighted by atomic mass is 16.5. The van der Waals surface area contributed by atoms with Crippen molar-refractivity contribution >= 4 is 17.4 Å². The number of carbonyl (C=O) groups excluding carboxylic acids is 1. The van der Waals surface area contributed by atoms with Gasteiger partial charge in [0.05, 0.1) is 19.8 Å². The first-order valence-electron chi connectivity index (χ1n) is 9.70. The molecule has 1 aliphatic heterocycles. The van der Waals surface area contributed by atoms with E-state index in [1.54, 1.807) is 13.3 Å². The first-order chi connectivity index (χ1) is 13.7. The molecule has 3 heterocycles. The van der Waals surface area contributed by atoms with E-state index in [9.17, 15) is 4.79 Å². The summed E-state index contributed by atoms with van der Waals surface area (Å²) in [6.45, 7) is 3.24. The molecule has 0 fully saturated rings. The van der Waals surface area contributed by atoms with E-state index in [0.717, 1.165) is 53.8 Å². The molecule has 146 valence electrons. The second-order valence-corrected chi connectivity index (χ2v) is 7.00. The molecule has 6 heteroatoms. The average molecular weight is 379 g/mol. The van der Waals surface area contributed by atoms with E-state index >= 15 is 0 Å². The summed E-state index contributed by atoms with van der Waals surface area (Å²) in [6.07, 6.45) is 7.30. The molecule has 0 bridgehead atoms. The highest BCUT2D eigenvalue weighted by Gasteiger charge is 2.28. The van der Waals surface area contributed by atoms with E-state index in [1.807, 2.05) is 24.1 Å².